The second-order valence-corrected chi connectivity index (χ2v) is 7.30. The van der Waals surface area contributed by atoms with Gasteiger partial charge < -0.3 is 4.55 Å². The normalized spacial score (nSPS) is 12.1. The first-order valence-electron chi connectivity index (χ1n) is 7.33. The van der Waals surface area contributed by atoms with Crippen LogP contribution in [0.2, 0.25) is 0 Å². The van der Waals surface area contributed by atoms with Gasteiger partial charge in [0.15, 0.2) is 0 Å². The molecule has 0 aliphatic heterocycles. The molecule has 0 N–H and O–H groups in total. The van der Waals surface area contributed by atoms with E-state index in [2.05, 4.69) is 14.7 Å². The SMILES string of the molecule is CCCCCCCCCCCCOS(=O)(=O)OS(=O)(=O)[O-].[Na+]. The quantitative estimate of drug-likeness (QED) is 0.178. The van der Waals surface area contributed by atoms with Gasteiger partial charge in [0, 0.05) is 0 Å². The van der Waals surface area contributed by atoms with Crippen LogP contribution in [-0.2, 0) is 28.6 Å². The van der Waals surface area contributed by atoms with Crippen molar-refractivity contribution in [1.29, 1.82) is 0 Å². The Bertz CT molecular complexity index is 448. The van der Waals surface area contributed by atoms with Gasteiger partial charge in [-0.05, 0) is 6.42 Å². The van der Waals surface area contributed by atoms with Crippen LogP contribution in [-0.4, -0.2) is 28.0 Å². The Balaban J connectivity index is 0. The molecule has 0 aromatic rings. The monoisotopic (exact) mass is 368 g/mol. The molecule has 0 fully saturated rings. The third-order valence-corrected chi connectivity index (χ3v) is 4.68. The van der Waals surface area contributed by atoms with Crippen molar-refractivity contribution in [2.24, 2.45) is 0 Å². The Kier molecular flexibility index (Phi) is 16.1. The Morgan fingerprint density at radius 3 is 1.59 bits per heavy atom. The van der Waals surface area contributed by atoms with Crippen LogP contribution >= 0.6 is 0 Å². The van der Waals surface area contributed by atoms with E-state index in [9.17, 15) is 21.4 Å². The average Bonchev–Trinajstić information content (AvgIpc) is 2.33. The standard InChI is InChI=1S/C12H26O7S2.Na/c1-2-3-4-5-6-7-8-9-10-11-12-18-21(16,17)19-20(13,14)15;/h2-12H2,1H3,(H,13,14,15);/q;+1/p-1. The fourth-order valence-corrected chi connectivity index (χ4v) is 3.17. The summed E-state index contributed by atoms with van der Waals surface area (Å²) in [5.41, 5.74) is 0. The summed E-state index contributed by atoms with van der Waals surface area (Å²) in [7, 11) is -10.1. The molecular weight excluding hydrogens is 343 g/mol. The Labute approximate surface area is 156 Å². The minimum atomic E-state index is -5.31. The molecule has 22 heavy (non-hydrogen) atoms. The number of rotatable bonds is 14. The van der Waals surface area contributed by atoms with Gasteiger partial charge in [-0.3, -0.25) is 0 Å². The van der Waals surface area contributed by atoms with Gasteiger partial charge >= 0.3 is 40.0 Å². The summed E-state index contributed by atoms with van der Waals surface area (Å²) in [4.78, 5) is 0. The number of hydrogen-bond donors (Lipinski definition) is 0. The Morgan fingerprint density at radius 2 is 1.18 bits per heavy atom. The van der Waals surface area contributed by atoms with Gasteiger partial charge in [0.25, 0.3) is 0 Å². The Hall–Kier alpha value is 0.780. The zero-order valence-corrected chi connectivity index (χ0v) is 17.1. The molecule has 0 aromatic heterocycles. The number of hydrogen-bond acceptors (Lipinski definition) is 7. The maximum atomic E-state index is 10.9. The molecule has 7 nitrogen and oxygen atoms in total. The molecule has 0 unspecified atom stereocenters. The molecule has 0 spiro atoms. The van der Waals surface area contributed by atoms with Gasteiger partial charge in [-0.1, -0.05) is 64.7 Å². The van der Waals surface area contributed by atoms with E-state index in [1.807, 2.05) is 0 Å². The second-order valence-electron chi connectivity index (χ2n) is 4.89. The van der Waals surface area contributed by atoms with Gasteiger partial charge in [0.2, 0.25) is 10.4 Å². The van der Waals surface area contributed by atoms with Crippen LogP contribution in [0.3, 0.4) is 0 Å². The molecule has 0 saturated carbocycles. The third kappa shape index (κ3) is 18.8. The third-order valence-electron chi connectivity index (χ3n) is 2.89. The predicted octanol–water partition coefficient (Wildman–Crippen LogP) is -0.350. The van der Waals surface area contributed by atoms with Gasteiger partial charge in [0.05, 0.1) is 6.61 Å². The van der Waals surface area contributed by atoms with E-state index in [1.54, 1.807) is 0 Å². The summed E-state index contributed by atoms with van der Waals surface area (Å²) < 4.78 is 59.6. The molecule has 0 rings (SSSR count). The molecule has 0 amide bonds. The molecular formula is C12H25NaO7S2. The average molecular weight is 368 g/mol. The van der Waals surface area contributed by atoms with Gasteiger partial charge in [0.1, 0.15) is 0 Å². The zero-order chi connectivity index (χ0) is 16.2. The second kappa shape index (κ2) is 14.2. The molecule has 0 saturated heterocycles. The topological polar surface area (TPSA) is 110 Å². The fraction of sp³-hybridized carbons (Fsp3) is 1.00. The number of unbranched alkanes of at least 4 members (excludes halogenated alkanes) is 9. The molecule has 10 heteroatoms. The first-order chi connectivity index (χ1) is 9.77. The smallest absolute Gasteiger partial charge is 0.725 e. The van der Waals surface area contributed by atoms with Gasteiger partial charge in [-0.15, -0.1) is 3.63 Å². The van der Waals surface area contributed by atoms with E-state index < -0.39 is 20.8 Å². The van der Waals surface area contributed by atoms with Crippen molar-refractivity contribution in [3.8, 4) is 0 Å². The fourth-order valence-electron chi connectivity index (χ4n) is 1.87. The van der Waals surface area contributed by atoms with Crippen LogP contribution in [0.1, 0.15) is 71.1 Å². The van der Waals surface area contributed by atoms with Gasteiger partial charge in [-0.2, -0.15) is 8.42 Å². The van der Waals surface area contributed by atoms with E-state index in [0.29, 0.717) is 6.42 Å². The largest absolute Gasteiger partial charge is 1.00 e. The predicted molar refractivity (Wildman–Crippen MR) is 77.5 cm³/mol. The maximum Gasteiger partial charge on any atom is 1.00 e. The van der Waals surface area contributed by atoms with Crippen molar-refractivity contribution < 1.29 is 58.8 Å². The molecule has 0 bridgehead atoms. The van der Waals surface area contributed by atoms with Crippen LogP contribution in [0, 0.1) is 0 Å². The van der Waals surface area contributed by atoms with Gasteiger partial charge in [-0.25, -0.2) is 12.6 Å². The van der Waals surface area contributed by atoms with E-state index >= 15 is 0 Å². The van der Waals surface area contributed by atoms with Crippen LogP contribution in [0.5, 0.6) is 0 Å². The van der Waals surface area contributed by atoms with E-state index in [1.165, 1.54) is 38.5 Å². The summed E-state index contributed by atoms with van der Waals surface area (Å²) in [5, 5.41) is 0. The zero-order valence-electron chi connectivity index (χ0n) is 13.5. The van der Waals surface area contributed by atoms with Crippen LogP contribution < -0.4 is 29.6 Å². The minimum absolute atomic E-state index is 0. The maximum absolute atomic E-state index is 10.9. The van der Waals surface area contributed by atoms with Crippen molar-refractivity contribution in [3.63, 3.8) is 0 Å². The molecule has 0 aliphatic carbocycles. The summed E-state index contributed by atoms with van der Waals surface area (Å²) in [6, 6.07) is 0. The summed E-state index contributed by atoms with van der Waals surface area (Å²) in [5.74, 6) is 0. The summed E-state index contributed by atoms with van der Waals surface area (Å²) in [6.07, 6.45) is 10.8. The van der Waals surface area contributed by atoms with Crippen molar-refractivity contribution in [1.82, 2.24) is 0 Å². The van der Waals surface area contributed by atoms with Crippen molar-refractivity contribution in [3.05, 3.63) is 0 Å². The van der Waals surface area contributed by atoms with E-state index in [4.69, 9.17) is 0 Å². The summed E-state index contributed by atoms with van der Waals surface area (Å²) >= 11 is 0. The van der Waals surface area contributed by atoms with E-state index in [-0.39, 0.29) is 36.2 Å². The molecule has 0 aromatic carbocycles. The van der Waals surface area contributed by atoms with E-state index in [0.717, 1.165) is 19.3 Å². The molecule has 0 radical (unpaired) electrons. The minimum Gasteiger partial charge on any atom is -0.725 e. The van der Waals surface area contributed by atoms with Crippen molar-refractivity contribution in [2.75, 3.05) is 6.61 Å². The molecule has 128 valence electrons. The van der Waals surface area contributed by atoms with Crippen LogP contribution in [0.4, 0.5) is 0 Å². The van der Waals surface area contributed by atoms with Crippen molar-refractivity contribution in [2.45, 2.75) is 71.1 Å². The summed E-state index contributed by atoms with van der Waals surface area (Å²) in [6.45, 7) is 1.99. The Morgan fingerprint density at radius 1 is 0.773 bits per heavy atom. The first kappa shape index (κ1) is 25.0. The van der Waals surface area contributed by atoms with Crippen LogP contribution in [0.15, 0.2) is 0 Å². The molecule has 0 atom stereocenters. The molecule has 0 heterocycles. The first-order valence-corrected chi connectivity index (χ1v) is 10.00. The van der Waals surface area contributed by atoms with Crippen molar-refractivity contribution >= 4 is 20.8 Å². The van der Waals surface area contributed by atoms with Crippen LogP contribution in [0.25, 0.3) is 0 Å². The molecule has 0 aliphatic rings.